The molecule has 2 aromatic carbocycles. The summed E-state index contributed by atoms with van der Waals surface area (Å²) in [5.74, 6) is -0.201. The van der Waals surface area contributed by atoms with Gasteiger partial charge in [0, 0.05) is 24.0 Å². The summed E-state index contributed by atoms with van der Waals surface area (Å²) < 4.78 is 0. The third-order valence-corrected chi connectivity index (χ3v) is 6.89. The van der Waals surface area contributed by atoms with Crippen molar-refractivity contribution in [2.75, 3.05) is 12.4 Å². The van der Waals surface area contributed by atoms with Crippen LogP contribution in [-0.2, 0) is 0 Å². The summed E-state index contributed by atoms with van der Waals surface area (Å²) in [6.45, 7) is 1.82. The second kappa shape index (κ2) is 10.9. The number of aromatic nitrogens is 1. The van der Waals surface area contributed by atoms with Crippen molar-refractivity contribution in [3.63, 3.8) is 0 Å². The van der Waals surface area contributed by atoms with Crippen molar-refractivity contribution in [3.8, 4) is 0 Å². The molecule has 1 fully saturated rings. The summed E-state index contributed by atoms with van der Waals surface area (Å²) >= 11 is 7.65. The first-order chi connectivity index (χ1) is 16.9. The molecule has 4 rings (SSSR count). The van der Waals surface area contributed by atoms with Crippen molar-refractivity contribution < 1.29 is 14.4 Å². The van der Waals surface area contributed by atoms with E-state index in [0.717, 1.165) is 24.1 Å². The van der Waals surface area contributed by atoms with Crippen LogP contribution in [0.25, 0.3) is 0 Å². The van der Waals surface area contributed by atoms with Crippen LogP contribution in [0.5, 0.6) is 0 Å². The standard InChI is InChI=1S/C25H26ClN5O3S/c1-14(28-22(32)18-11-10-17(12-19(18)26)29-25(34)27-2)21(16-6-4-3-5-7-16)31-23(33)24-30-20(13-35-24)15-8-9-15/h3-7,10-15,21H,8-9H2,1-2H3,(H,28,32)(H,31,33)(H2,27,29,34). The second-order valence-corrected chi connectivity index (χ2v) is 9.64. The Kier molecular flexibility index (Phi) is 7.67. The van der Waals surface area contributed by atoms with Gasteiger partial charge in [-0.15, -0.1) is 11.3 Å². The first kappa shape index (κ1) is 24.7. The molecule has 2 unspecified atom stereocenters. The van der Waals surface area contributed by atoms with Crippen molar-refractivity contribution in [3.05, 3.63) is 80.8 Å². The van der Waals surface area contributed by atoms with Gasteiger partial charge in [-0.1, -0.05) is 41.9 Å². The van der Waals surface area contributed by atoms with Gasteiger partial charge < -0.3 is 21.3 Å². The predicted molar refractivity (Wildman–Crippen MR) is 137 cm³/mol. The third kappa shape index (κ3) is 6.17. The molecule has 1 saturated carbocycles. The molecule has 0 spiro atoms. The lowest BCUT2D eigenvalue weighted by atomic mass is 9.99. The SMILES string of the molecule is CNC(=O)Nc1ccc(C(=O)NC(C)C(NC(=O)c2nc(C3CC3)cs2)c2ccccc2)c(Cl)c1. The van der Waals surface area contributed by atoms with Crippen molar-refractivity contribution in [1.82, 2.24) is 20.9 Å². The van der Waals surface area contributed by atoms with Gasteiger partial charge in [0.05, 0.1) is 28.4 Å². The maximum Gasteiger partial charge on any atom is 0.318 e. The molecule has 1 aliphatic carbocycles. The average molecular weight is 512 g/mol. The third-order valence-electron chi connectivity index (χ3n) is 5.71. The maximum atomic E-state index is 13.0. The molecule has 1 heterocycles. The Morgan fingerprint density at radius 2 is 1.80 bits per heavy atom. The highest BCUT2D eigenvalue weighted by atomic mass is 35.5. The summed E-state index contributed by atoms with van der Waals surface area (Å²) in [5, 5.41) is 13.6. The highest BCUT2D eigenvalue weighted by Crippen LogP contribution is 2.40. The summed E-state index contributed by atoms with van der Waals surface area (Å²) in [6.07, 6.45) is 2.23. The molecule has 35 heavy (non-hydrogen) atoms. The van der Waals surface area contributed by atoms with E-state index < -0.39 is 24.0 Å². The number of rotatable bonds is 8. The van der Waals surface area contributed by atoms with E-state index in [9.17, 15) is 14.4 Å². The minimum atomic E-state index is -0.492. The van der Waals surface area contributed by atoms with Gasteiger partial charge in [0.15, 0.2) is 5.01 Å². The number of carbonyl (C=O) groups excluding carboxylic acids is 3. The Morgan fingerprint density at radius 1 is 1.06 bits per heavy atom. The van der Waals surface area contributed by atoms with Crippen LogP contribution in [0.2, 0.25) is 5.02 Å². The molecule has 10 heteroatoms. The number of halogens is 1. The Morgan fingerprint density at radius 3 is 2.46 bits per heavy atom. The Balaban J connectivity index is 1.49. The summed E-state index contributed by atoms with van der Waals surface area (Å²) in [7, 11) is 1.50. The number of thiazole rings is 1. The number of benzene rings is 2. The molecule has 4 N–H and O–H groups in total. The van der Waals surface area contributed by atoms with Gasteiger partial charge in [-0.3, -0.25) is 9.59 Å². The Labute approximate surface area is 212 Å². The highest BCUT2D eigenvalue weighted by molar-refractivity contribution is 7.11. The van der Waals surface area contributed by atoms with E-state index in [0.29, 0.717) is 16.6 Å². The van der Waals surface area contributed by atoms with Crippen molar-refractivity contribution in [2.24, 2.45) is 0 Å². The van der Waals surface area contributed by atoms with E-state index >= 15 is 0 Å². The van der Waals surface area contributed by atoms with Crippen LogP contribution >= 0.6 is 22.9 Å². The van der Waals surface area contributed by atoms with Gasteiger partial charge in [0.25, 0.3) is 11.8 Å². The largest absolute Gasteiger partial charge is 0.347 e. The predicted octanol–water partition coefficient (Wildman–Crippen LogP) is 4.71. The molecular weight excluding hydrogens is 486 g/mol. The molecule has 2 atom stereocenters. The molecular formula is C25H26ClN5O3S. The van der Waals surface area contributed by atoms with Gasteiger partial charge in [-0.05, 0) is 43.5 Å². The van der Waals surface area contributed by atoms with E-state index in [1.165, 1.54) is 24.5 Å². The lowest BCUT2D eigenvalue weighted by Gasteiger charge is -2.26. The molecule has 3 aromatic rings. The van der Waals surface area contributed by atoms with Crippen LogP contribution in [0.1, 0.15) is 63.1 Å². The van der Waals surface area contributed by atoms with E-state index in [1.807, 2.05) is 42.6 Å². The molecule has 0 aliphatic heterocycles. The van der Waals surface area contributed by atoms with Crippen molar-refractivity contribution in [1.29, 1.82) is 0 Å². The molecule has 182 valence electrons. The highest BCUT2D eigenvalue weighted by Gasteiger charge is 2.29. The van der Waals surface area contributed by atoms with Gasteiger partial charge in [0.1, 0.15) is 0 Å². The zero-order valence-electron chi connectivity index (χ0n) is 19.3. The first-order valence-corrected chi connectivity index (χ1v) is 12.5. The fourth-order valence-electron chi connectivity index (χ4n) is 3.66. The number of amides is 4. The molecule has 8 nitrogen and oxygen atoms in total. The minimum Gasteiger partial charge on any atom is -0.347 e. The fraction of sp³-hybridized carbons (Fsp3) is 0.280. The molecule has 1 aliphatic rings. The van der Waals surface area contributed by atoms with Crippen LogP contribution < -0.4 is 21.3 Å². The smallest absolute Gasteiger partial charge is 0.318 e. The minimum absolute atomic E-state index is 0.194. The van der Waals surface area contributed by atoms with E-state index in [1.54, 1.807) is 12.1 Å². The monoisotopic (exact) mass is 511 g/mol. The molecule has 1 aromatic heterocycles. The maximum absolute atomic E-state index is 13.0. The van der Waals surface area contributed by atoms with Crippen LogP contribution in [0, 0.1) is 0 Å². The van der Waals surface area contributed by atoms with Crippen molar-refractivity contribution >= 4 is 46.5 Å². The van der Waals surface area contributed by atoms with Gasteiger partial charge in [-0.2, -0.15) is 0 Å². The second-order valence-electron chi connectivity index (χ2n) is 8.37. The lowest BCUT2D eigenvalue weighted by Crippen LogP contribution is -2.44. The zero-order chi connectivity index (χ0) is 24.9. The number of urea groups is 1. The van der Waals surface area contributed by atoms with Gasteiger partial charge in [-0.25, -0.2) is 9.78 Å². The van der Waals surface area contributed by atoms with E-state index in [2.05, 4.69) is 26.3 Å². The van der Waals surface area contributed by atoms with E-state index in [4.69, 9.17) is 11.6 Å². The number of hydrogen-bond acceptors (Lipinski definition) is 5. The topological polar surface area (TPSA) is 112 Å². The summed E-state index contributed by atoms with van der Waals surface area (Å²) in [4.78, 5) is 42.0. The van der Waals surface area contributed by atoms with Gasteiger partial charge >= 0.3 is 6.03 Å². The zero-order valence-corrected chi connectivity index (χ0v) is 20.9. The number of hydrogen-bond donors (Lipinski definition) is 4. The van der Waals surface area contributed by atoms with Crippen LogP contribution in [0.3, 0.4) is 0 Å². The molecule has 0 saturated heterocycles. The van der Waals surface area contributed by atoms with Crippen LogP contribution in [0.4, 0.5) is 10.5 Å². The molecule has 4 amide bonds. The van der Waals surface area contributed by atoms with E-state index in [-0.39, 0.29) is 16.5 Å². The number of anilines is 1. The number of carbonyl (C=O) groups is 3. The van der Waals surface area contributed by atoms with Crippen LogP contribution in [0.15, 0.2) is 53.9 Å². The Bertz CT molecular complexity index is 1230. The van der Waals surface area contributed by atoms with Gasteiger partial charge in [0.2, 0.25) is 0 Å². The number of nitrogens with one attached hydrogen (secondary N) is 4. The fourth-order valence-corrected chi connectivity index (χ4v) is 4.72. The normalized spacial score (nSPS) is 14.5. The average Bonchev–Trinajstić information content (AvgIpc) is 3.58. The lowest BCUT2D eigenvalue weighted by molar-refractivity contribution is 0.0886. The molecule has 0 bridgehead atoms. The summed E-state index contributed by atoms with van der Waals surface area (Å²) in [5.41, 5.74) is 2.54. The first-order valence-electron chi connectivity index (χ1n) is 11.3. The quantitative estimate of drug-likeness (QED) is 0.350. The Hall–Kier alpha value is -3.43. The van der Waals surface area contributed by atoms with Crippen LogP contribution in [-0.4, -0.2) is 35.9 Å². The number of nitrogens with zero attached hydrogens (tertiary/aromatic N) is 1. The molecule has 0 radical (unpaired) electrons. The van der Waals surface area contributed by atoms with Crippen molar-refractivity contribution in [2.45, 2.75) is 37.8 Å². The summed E-state index contributed by atoms with van der Waals surface area (Å²) in [6, 6.07) is 12.8.